The van der Waals surface area contributed by atoms with Crippen LogP contribution in [-0.2, 0) is 0 Å². The molecule has 90 valence electrons. The van der Waals surface area contributed by atoms with Gasteiger partial charge in [0.1, 0.15) is 0 Å². The zero-order valence-electron chi connectivity index (χ0n) is 10.4. The van der Waals surface area contributed by atoms with Crippen molar-refractivity contribution < 1.29 is 0 Å². The summed E-state index contributed by atoms with van der Waals surface area (Å²) >= 11 is 4.37. The molecule has 0 aromatic heterocycles. The van der Waals surface area contributed by atoms with Crippen LogP contribution in [0.4, 0.5) is 5.69 Å². The van der Waals surface area contributed by atoms with Crippen LogP contribution < -0.4 is 4.90 Å². The van der Waals surface area contributed by atoms with Crippen LogP contribution in [0.25, 0.3) is 0 Å². The summed E-state index contributed by atoms with van der Waals surface area (Å²) in [6.45, 7) is 6.76. The molecule has 0 saturated heterocycles. The molecule has 0 aliphatic rings. The Hall–Kier alpha value is -0.630. The molecule has 0 aliphatic carbocycles. The molecule has 0 N–H and O–H groups in total. The van der Waals surface area contributed by atoms with Crippen molar-refractivity contribution in [1.29, 1.82) is 0 Å². The Morgan fingerprint density at radius 1 is 1.25 bits per heavy atom. The van der Waals surface area contributed by atoms with Gasteiger partial charge in [-0.25, -0.2) is 0 Å². The number of anilines is 1. The van der Waals surface area contributed by atoms with Crippen molar-refractivity contribution in [3.05, 3.63) is 30.3 Å². The minimum absolute atomic E-state index is 0.639. The molecule has 0 fully saturated rings. The number of thiol groups is 1. The molecular weight excluding hydrogens is 214 g/mol. The Kier molecular flexibility index (Phi) is 6.39. The Labute approximate surface area is 105 Å². The fourth-order valence-corrected chi connectivity index (χ4v) is 1.86. The first-order valence-electron chi connectivity index (χ1n) is 6.18. The standard InChI is InChI=1S/C14H23NS/c1-3-4-10-15(11-13(2)12-16)14-8-6-5-7-9-14/h5-9,13,16H,3-4,10-12H2,1-2H3. The van der Waals surface area contributed by atoms with Crippen molar-refractivity contribution in [2.45, 2.75) is 26.7 Å². The maximum Gasteiger partial charge on any atom is 0.0366 e. The van der Waals surface area contributed by atoms with E-state index in [1.165, 1.54) is 18.5 Å². The van der Waals surface area contributed by atoms with E-state index in [2.05, 4.69) is 61.7 Å². The fourth-order valence-electron chi connectivity index (χ4n) is 1.75. The van der Waals surface area contributed by atoms with Crippen LogP contribution >= 0.6 is 12.6 Å². The molecule has 1 nitrogen and oxygen atoms in total. The van der Waals surface area contributed by atoms with Crippen molar-refractivity contribution in [3.63, 3.8) is 0 Å². The summed E-state index contributed by atoms with van der Waals surface area (Å²) in [7, 11) is 0. The van der Waals surface area contributed by atoms with Crippen molar-refractivity contribution in [1.82, 2.24) is 0 Å². The van der Waals surface area contributed by atoms with Gasteiger partial charge in [0.25, 0.3) is 0 Å². The Balaban J connectivity index is 2.63. The summed E-state index contributed by atoms with van der Waals surface area (Å²) in [6.07, 6.45) is 2.51. The van der Waals surface area contributed by atoms with E-state index in [9.17, 15) is 0 Å². The van der Waals surface area contributed by atoms with Crippen LogP contribution in [0.3, 0.4) is 0 Å². The van der Waals surface area contributed by atoms with Crippen LogP contribution in [0.5, 0.6) is 0 Å². The molecule has 16 heavy (non-hydrogen) atoms. The molecule has 0 bridgehead atoms. The predicted octanol–water partition coefficient (Wildman–Crippen LogP) is 3.86. The van der Waals surface area contributed by atoms with E-state index in [-0.39, 0.29) is 0 Å². The predicted molar refractivity (Wildman–Crippen MR) is 76.6 cm³/mol. The number of para-hydroxylation sites is 1. The summed E-state index contributed by atoms with van der Waals surface area (Å²) < 4.78 is 0. The highest BCUT2D eigenvalue weighted by Crippen LogP contribution is 2.16. The molecule has 0 amide bonds. The highest BCUT2D eigenvalue weighted by molar-refractivity contribution is 7.80. The van der Waals surface area contributed by atoms with Crippen LogP contribution in [0, 0.1) is 5.92 Å². The van der Waals surface area contributed by atoms with Crippen molar-refractivity contribution in [3.8, 4) is 0 Å². The molecule has 0 saturated carbocycles. The van der Waals surface area contributed by atoms with Crippen molar-refractivity contribution in [2.24, 2.45) is 5.92 Å². The normalized spacial score (nSPS) is 12.4. The SMILES string of the molecule is CCCCN(CC(C)CS)c1ccccc1. The summed E-state index contributed by atoms with van der Waals surface area (Å²) in [5.74, 6) is 1.59. The van der Waals surface area contributed by atoms with Gasteiger partial charge in [0.15, 0.2) is 0 Å². The summed E-state index contributed by atoms with van der Waals surface area (Å²) in [4.78, 5) is 2.48. The molecule has 1 aromatic rings. The van der Waals surface area contributed by atoms with Crippen molar-refractivity contribution >= 4 is 18.3 Å². The van der Waals surface area contributed by atoms with E-state index in [4.69, 9.17) is 0 Å². The number of hydrogen-bond donors (Lipinski definition) is 1. The average Bonchev–Trinajstić information content (AvgIpc) is 2.35. The summed E-state index contributed by atoms with van der Waals surface area (Å²) in [6, 6.07) is 10.7. The maximum atomic E-state index is 4.37. The van der Waals surface area contributed by atoms with Crippen LogP contribution in [0.15, 0.2) is 30.3 Å². The smallest absolute Gasteiger partial charge is 0.0366 e. The summed E-state index contributed by atoms with van der Waals surface area (Å²) in [5, 5.41) is 0. The van der Waals surface area contributed by atoms with Gasteiger partial charge in [0.2, 0.25) is 0 Å². The van der Waals surface area contributed by atoms with E-state index in [1.54, 1.807) is 0 Å². The first kappa shape index (κ1) is 13.4. The first-order chi connectivity index (χ1) is 7.77. The van der Waals surface area contributed by atoms with Crippen LogP contribution in [-0.4, -0.2) is 18.8 Å². The number of hydrogen-bond acceptors (Lipinski definition) is 2. The van der Waals surface area contributed by atoms with Gasteiger partial charge >= 0.3 is 0 Å². The molecule has 1 aromatic carbocycles. The zero-order chi connectivity index (χ0) is 11.8. The van der Waals surface area contributed by atoms with Gasteiger partial charge in [-0.15, -0.1) is 0 Å². The first-order valence-corrected chi connectivity index (χ1v) is 6.82. The maximum absolute atomic E-state index is 4.37. The topological polar surface area (TPSA) is 3.24 Å². The molecule has 0 aliphatic heterocycles. The van der Waals surface area contributed by atoms with Gasteiger partial charge in [-0.3, -0.25) is 0 Å². The van der Waals surface area contributed by atoms with Crippen LogP contribution in [0.2, 0.25) is 0 Å². The lowest BCUT2D eigenvalue weighted by molar-refractivity contribution is 0.604. The van der Waals surface area contributed by atoms with Gasteiger partial charge in [0.05, 0.1) is 0 Å². The molecule has 0 heterocycles. The molecule has 0 radical (unpaired) electrons. The zero-order valence-corrected chi connectivity index (χ0v) is 11.3. The minimum atomic E-state index is 0.639. The second-order valence-corrected chi connectivity index (χ2v) is 4.79. The molecule has 1 atom stereocenters. The highest BCUT2D eigenvalue weighted by atomic mass is 32.1. The fraction of sp³-hybridized carbons (Fsp3) is 0.571. The van der Waals surface area contributed by atoms with Gasteiger partial charge in [0, 0.05) is 18.8 Å². The molecule has 1 rings (SSSR count). The Morgan fingerprint density at radius 2 is 1.94 bits per heavy atom. The lowest BCUT2D eigenvalue weighted by Gasteiger charge is -2.27. The van der Waals surface area contributed by atoms with Crippen molar-refractivity contribution in [2.75, 3.05) is 23.7 Å². The monoisotopic (exact) mass is 237 g/mol. The molecule has 2 heteroatoms. The van der Waals surface area contributed by atoms with Gasteiger partial charge in [-0.05, 0) is 30.2 Å². The molecule has 1 unspecified atom stereocenters. The highest BCUT2D eigenvalue weighted by Gasteiger charge is 2.09. The number of rotatable bonds is 7. The van der Waals surface area contributed by atoms with E-state index in [0.29, 0.717) is 5.92 Å². The number of nitrogens with zero attached hydrogens (tertiary/aromatic N) is 1. The number of benzene rings is 1. The van der Waals surface area contributed by atoms with E-state index >= 15 is 0 Å². The lowest BCUT2D eigenvalue weighted by atomic mass is 10.1. The second kappa shape index (κ2) is 7.61. The van der Waals surface area contributed by atoms with Crippen LogP contribution in [0.1, 0.15) is 26.7 Å². The Morgan fingerprint density at radius 3 is 2.50 bits per heavy atom. The molecular formula is C14H23NS. The molecule has 0 spiro atoms. The van der Waals surface area contributed by atoms with Gasteiger partial charge in [-0.2, -0.15) is 12.6 Å². The third-order valence-electron chi connectivity index (χ3n) is 2.75. The lowest BCUT2D eigenvalue weighted by Crippen LogP contribution is -2.30. The summed E-state index contributed by atoms with van der Waals surface area (Å²) in [5.41, 5.74) is 1.34. The minimum Gasteiger partial charge on any atom is -0.371 e. The Bertz CT molecular complexity index is 273. The third-order valence-corrected chi connectivity index (χ3v) is 3.37. The largest absolute Gasteiger partial charge is 0.371 e. The third kappa shape index (κ3) is 4.48. The average molecular weight is 237 g/mol. The quantitative estimate of drug-likeness (QED) is 0.705. The van der Waals surface area contributed by atoms with E-state index < -0.39 is 0 Å². The van der Waals surface area contributed by atoms with E-state index in [1.807, 2.05) is 0 Å². The van der Waals surface area contributed by atoms with Gasteiger partial charge < -0.3 is 4.90 Å². The van der Waals surface area contributed by atoms with E-state index in [0.717, 1.165) is 18.8 Å². The number of unbranched alkanes of at least 4 members (excludes halogenated alkanes) is 1. The van der Waals surface area contributed by atoms with Gasteiger partial charge in [-0.1, -0.05) is 38.5 Å². The second-order valence-electron chi connectivity index (χ2n) is 4.42.